The van der Waals surface area contributed by atoms with Crippen LogP contribution in [0.4, 0.5) is 0 Å². The summed E-state index contributed by atoms with van der Waals surface area (Å²) in [4.78, 5) is 11.3. The zero-order valence-corrected chi connectivity index (χ0v) is 14.4. The lowest BCUT2D eigenvalue weighted by atomic mass is 9.56. The summed E-state index contributed by atoms with van der Waals surface area (Å²) in [6.45, 7) is 9.25. The minimum Gasteiger partial charge on any atom is -0.465 e. The van der Waals surface area contributed by atoms with Gasteiger partial charge in [-0.15, -0.1) is 0 Å². The molecule has 0 N–H and O–H groups in total. The fourth-order valence-corrected chi connectivity index (χ4v) is 4.44. The van der Waals surface area contributed by atoms with E-state index < -0.39 is 0 Å². The molecule has 1 aliphatic carbocycles. The molecule has 3 nitrogen and oxygen atoms in total. The molecule has 0 amide bonds. The third-order valence-electron chi connectivity index (χ3n) is 5.92. The van der Waals surface area contributed by atoms with Crippen LogP contribution in [0.15, 0.2) is 42.0 Å². The van der Waals surface area contributed by atoms with Crippen LogP contribution in [0, 0.1) is 23.2 Å². The first-order valence-electron chi connectivity index (χ1n) is 8.44. The molecule has 5 atom stereocenters. The van der Waals surface area contributed by atoms with E-state index in [1.165, 1.54) is 18.1 Å². The smallest absolute Gasteiger partial charge is 0.302 e. The van der Waals surface area contributed by atoms with Crippen molar-refractivity contribution in [3.05, 3.63) is 47.5 Å². The van der Waals surface area contributed by atoms with E-state index in [9.17, 15) is 4.79 Å². The lowest BCUT2D eigenvalue weighted by Crippen LogP contribution is -2.54. The van der Waals surface area contributed by atoms with Gasteiger partial charge >= 0.3 is 5.97 Å². The predicted octanol–water partition coefficient (Wildman–Crippen LogP) is 4.16. The quantitative estimate of drug-likeness (QED) is 0.621. The molecule has 3 rings (SSSR count). The number of carbonyl (C=O) groups excluding carboxylic acids is 1. The third-order valence-corrected chi connectivity index (χ3v) is 5.92. The van der Waals surface area contributed by atoms with Crippen LogP contribution in [-0.2, 0) is 14.3 Å². The minimum atomic E-state index is -0.216. The number of hydrogen-bond donors (Lipinski definition) is 0. The molecule has 0 radical (unpaired) electrons. The van der Waals surface area contributed by atoms with E-state index in [4.69, 9.17) is 9.47 Å². The Hall–Kier alpha value is -1.61. The van der Waals surface area contributed by atoms with Gasteiger partial charge in [0.15, 0.2) is 0 Å². The summed E-state index contributed by atoms with van der Waals surface area (Å²) in [5.74, 6) is 0.857. The first kappa shape index (κ1) is 16.3. The monoisotopic (exact) mass is 314 g/mol. The van der Waals surface area contributed by atoms with E-state index >= 15 is 0 Å². The molecule has 1 fully saturated rings. The maximum Gasteiger partial charge on any atom is 0.302 e. The number of ether oxygens (including phenoxy) is 2. The summed E-state index contributed by atoms with van der Waals surface area (Å²) < 4.78 is 11.8. The summed E-state index contributed by atoms with van der Waals surface area (Å²) in [6.07, 6.45) is 2.44. The zero-order valence-electron chi connectivity index (χ0n) is 14.4. The van der Waals surface area contributed by atoms with Gasteiger partial charge in [-0.05, 0) is 24.3 Å². The van der Waals surface area contributed by atoms with Crippen LogP contribution in [0.25, 0.3) is 0 Å². The maximum atomic E-state index is 11.3. The molecular formula is C20H26O3. The van der Waals surface area contributed by atoms with Gasteiger partial charge in [0.2, 0.25) is 0 Å². The van der Waals surface area contributed by atoms with Gasteiger partial charge in [-0.3, -0.25) is 4.79 Å². The van der Waals surface area contributed by atoms with Crippen LogP contribution in [0.1, 0.15) is 39.4 Å². The van der Waals surface area contributed by atoms with Gasteiger partial charge < -0.3 is 9.47 Å². The molecule has 2 aliphatic rings. The average molecular weight is 314 g/mol. The van der Waals surface area contributed by atoms with Crippen LogP contribution in [0.5, 0.6) is 0 Å². The molecule has 124 valence electrons. The van der Waals surface area contributed by atoms with Crippen LogP contribution in [0.2, 0.25) is 0 Å². The van der Waals surface area contributed by atoms with Crippen LogP contribution < -0.4 is 0 Å². The highest BCUT2D eigenvalue weighted by atomic mass is 16.5. The highest BCUT2D eigenvalue weighted by molar-refractivity contribution is 5.66. The molecule has 1 saturated heterocycles. The number of esters is 1. The predicted molar refractivity (Wildman–Crippen MR) is 89.8 cm³/mol. The summed E-state index contributed by atoms with van der Waals surface area (Å²) >= 11 is 0. The number of fused-ring (bicyclic) bond motifs is 2. The van der Waals surface area contributed by atoms with Crippen LogP contribution in [-0.4, -0.2) is 19.2 Å². The largest absolute Gasteiger partial charge is 0.465 e. The van der Waals surface area contributed by atoms with Crippen molar-refractivity contribution < 1.29 is 14.3 Å². The van der Waals surface area contributed by atoms with Crippen molar-refractivity contribution in [2.75, 3.05) is 13.2 Å². The Morgan fingerprint density at radius 3 is 2.65 bits per heavy atom. The highest BCUT2D eigenvalue weighted by Crippen LogP contribution is 2.56. The molecule has 3 heteroatoms. The molecule has 1 aromatic rings. The minimum absolute atomic E-state index is 0.0837. The molecule has 0 saturated carbocycles. The topological polar surface area (TPSA) is 35.5 Å². The van der Waals surface area contributed by atoms with Crippen molar-refractivity contribution >= 4 is 5.97 Å². The maximum absolute atomic E-state index is 11.3. The molecule has 23 heavy (non-hydrogen) atoms. The molecule has 0 spiro atoms. The molecule has 1 aromatic carbocycles. The lowest BCUT2D eigenvalue weighted by Gasteiger charge is -2.55. The number of benzene rings is 1. The van der Waals surface area contributed by atoms with Gasteiger partial charge in [0.05, 0.1) is 19.3 Å². The lowest BCUT2D eigenvalue weighted by molar-refractivity contribution is -0.180. The second-order valence-electron chi connectivity index (χ2n) is 7.17. The first-order valence-corrected chi connectivity index (χ1v) is 8.44. The van der Waals surface area contributed by atoms with Gasteiger partial charge in [0.25, 0.3) is 0 Å². The Morgan fingerprint density at radius 2 is 2.00 bits per heavy atom. The van der Waals surface area contributed by atoms with Gasteiger partial charge in [-0.25, -0.2) is 0 Å². The number of rotatable bonds is 3. The van der Waals surface area contributed by atoms with Crippen molar-refractivity contribution in [2.24, 2.45) is 23.2 Å². The molecular weight excluding hydrogens is 288 g/mol. The standard InChI is InChI=1S/C20H26O3/c1-13-10-14(2)20(11-22-16(4)21)12-23-19(18(13)15(20)3)17-8-6-5-7-9-17/h5-10,14-15,18-19H,11-12H2,1-4H3/t14-,15-,18+,19-,20-/m1/s1. The van der Waals surface area contributed by atoms with Gasteiger partial charge in [0, 0.05) is 18.3 Å². The fourth-order valence-electron chi connectivity index (χ4n) is 4.44. The first-order chi connectivity index (χ1) is 11.0. The van der Waals surface area contributed by atoms with Crippen molar-refractivity contribution in [3.8, 4) is 0 Å². The molecule has 0 aromatic heterocycles. The third kappa shape index (κ3) is 2.72. The average Bonchev–Trinajstić information content (AvgIpc) is 2.52. The molecule has 2 bridgehead atoms. The van der Waals surface area contributed by atoms with E-state index in [0.717, 1.165) is 0 Å². The van der Waals surface area contributed by atoms with Crippen molar-refractivity contribution in [3.63, 3.8) is 0 Å². The van der Waals surface area contributed by atoms with Gasteiger partial charge in [0.1, 0.15) is 0 Å². The van der Waals surface area contributed by atoms with Gasteiger partial charge in [-0.1, -0.05) is 55.8 Å². The molecule has 0 unspecified atom stereocenters. The van der Waals surface area contributed by atoms with Crippen LogP contribution in [0.3, 0.4) is 0 Å². The zero-order chi connectivity index (χ0) is 16.6. The van der Waals surface area contributed by atoms with Crippen molar-refractivity contribution in [1.82, 2.24) is 0 Å². The second-order valence-corrected chi connectivity index (χ2v) is 7.17. The Bertz CT molecular complexity index is 607. The molecule has 1 aliphatic heterocycles. The van der Waals surface area contributed by atoms with E-state index in [0.29, 0.717) is 31.0 Å². The highest BCUT2D eigenvalue weighted by Gasteiger charge is 2.54. The van der Waals surface area contributed by atoms with Gasteiger partial charge in [-0.2, -0.15) is 0 Å². The Labute approximate surface area is 138 Å². The number of allylic oxidation sites excluding steroid dienone is 1. The van der Waals surface area contributed by atoms with E-state index in [2.05, 4.69) is 51.1 Å². The fraction of sp³-hybridized carbons (Fsp3) is 0.550. The summed E-state index contributed by atoms with van der Waals surface area (Å²) in [5, 5.41) is 0. The number of carbonyl (C=O) groups is 1. The summed E-state index contributed by atoms with van der Waals surface area (Å²) in [7, 11) is 0. The molecule has 1 heterocycles. The van der Waals surface area contributed by atoms with Crippen molar-refractivity contribution in [1.29, 1.82) is 0 Å². The SMILES string of the molecule is CC(=O)OC[C@@]12CO[C@H](c3ccccc3)[C@@H](C(C)=C[C@H]1C)[C@H]2C. The Balaban J connectivity index is 1.95. The van der Waals surface area contributed by atoms with E-state index in [1.54, 1.807) is 0 Å². The summed E-state index contributed by atoms with van der Waals surface area (Å²) in [6, 6.07) is 10.4. The van der Waals surface area contributed by atoms with Crippen LogP contribution >= 0.6 is 0 Å². The van der Waals surface area contributed by atoms with E-state index in [1.807, 2.05) is 6.07 Å². The summed E-state index contributed by atoms with van der Waals surface area (Å²) in [5.41, 5.74) is 2.49. The van der Waals surface area contributed by atoms with Crippen molar-refractivity contribution in [2.45, 2.75) is 33.8 Å². The second kappa shape index (κ2) is 6.12. The Morgan fingerprint density at radius 1 is 1.30 bits per heavy atom. The number of hydrogen-bond acceptors (Lipinski definition) is 3. The Kier molecular flexibility index (Phi) is 4.33. The van der Waals surface area contributed by atoms with E-state index in [-0.39, 0.29) is 17.5 Å². The normalized spacial score (nSPS) is 36.3.